The minimum Gasteiger partial charge on any atom is -0.463 e. The fraction of sp³-hybridized carbons (Fsp3) is 0.292. The van der Waals surface area contributed by atoms with Crippen LogP contribution in [0.5, 0.6) is 0 Å². The summed E-state index contributed by atoms with van der Waals surface area (Å²) in [7, 11) is 0. The molecule has 168 valence electrons. The Bertz CT molecular complexity index is 1040. The lowest BCUT2D eigenvalue weighted by molar-refractivity contribution is -0.139. The minimum atomic E-state index is -0.947. The fourth-order valence-electron chi connectivity index (χ4n) is 3.65. The molecule has 6 nitrogen and oxygen atoms in total. The number of ether oxygens (including phenoxy) is 1. The first-order valence-electron chi connectivity index (χ1n) is 10.3. The number of hydrogen-bond acceptors (Lipinski definition) is 4. The summed E-state index contributed by atoms with van der Waals surface area (Å²) < 4.78 is 32.9. The van der Waals surface area contributed by atoms with Crippen LogP contribution in [-0.2, 0) is 14.3 Å². The van der Waals surface area contributed by atoms with Crippen LogP contribution in [0.3, 0.4) is 0 Å². The number of nitrogens with one attached hydrogen (secondary N) is 1. The highest BCUT2D eigenvalue weighted by Gasteiger charge is 2.24. The Hall–Kier alpha value is -3.55. The number of anilines is 1. The average Bonchev–Trinajstić information content (AvgIpc) is 2.98. The third-order valence-corrected chi connectivity index (χ3v) is 5.28. The van der Waals surface area contributed by atoms with Gasteiger partial charge in [0.05, 0.1) is 6.61 Å². The van der Waals surface area contributed by atoms with Gasteiger partial charge in [0, 0.05) is 31.3 Å². The van der Waals surface area contributed by atoms with Crippen molar-refractivity contribution >= 4 is 29.0 Å². The normalized spacial score (nSPS) is 14.1. The quantitative estimate of drug-likeness (QED) is 0.705. The Morgan fingerprint density at radius 1 is 1.00 bits per heavy atom. The SMILES string of the molecule is CCOC(=O)C1=C(c2ccc(NC(=O)c3c(F)cccc3F)cc2)CCN(C(C)=O)CC1. The van der Waals surface area contributed by atoms with E-state index in [2.05, 4.69) is 5.32 Å². The van der Waals surface area contributed by atoms with Gasteiger partial charge in [-0.1, -0.05) is 18.2 Å². The van der Waals surface area contributed by atoms with Crippen LogP contribution in [0.4, 0.5) is 14.5 Å². The Morgan fingerprint density at radius 2 is 1.62 bits per heavy atom. The fourth-order valence-corrected chi connectivity index (χ4v) is 3.65. The van der Waals surface area contributed by atoms with Gasteiger partial charge in [-0.15, -0.1) is 0 Å². The molecular weight excluding hydrogens is 418 g/mol. The highest BCUT2D eigenvalue weighted by Crippen LogP contribution is 2.30. The summed E-state index contributed by atoms with van der Waals surface area (Å²) in [6.07, 6.45) is 0.846. The molecule has 3 rings (SSSR count). The molecule has 2 aromatic rings. The summed E-state index contributed by atoms with van der Waals surface area (Å²) in [6.45, 7) is 4.36. The lowest BCUT2D eigenvalue weighted by atomic mass is 9.96. The van der Waals surface area contributed by atoms with E-state index >= 15 is 0 Å². The maximum Gasteiger partial charge on any atom is 0.334 e. The lowest BCUT2D eigenvalue weighted by Crippen LogP contribution is -2.30. The van der Waals surface area contributed by atoms with E-state index in [9.17, 15) is 23.2 Å². The molecule has 0 bridgehead atoms. The van der Waals surface area contributed by atoms with Gasteiger partial charge in [0.25, 0.3) is 5.91 Å². The first-order chi connectivity index (χ1) is 15.3. The zero-order chi connectivity index (χ0) is 23.3. The molecule has 1 aliphatic heterocycles. The summed E-state index contributed by atoms with van der Waals surface area (Å²) in [5.41, 5.74) is 1.72. The summed E-state index contributed by atoms with van der Waals surface area (Å²) in [4.78, 5) is 38.3. The maximum absolute atomic E-state index is 13.8. The van der Waals surface area contributed by atoms with Crippen molar-refractivity contribution in [2.75, 3.05) is 25.0 Å². The monoisotopic (exact) mass is 442 g/mol. The predicted octanol–water partition coefficient (Wildman–Crippen LogP) is 4.18. The van der Waals surface area contributed by atoms with Crippen molar-refractivity contribution in [3.63, 3.8) is 0 Å². The van der Waals surface area contributed by atoms with Crippen LogP contribution in [0.25, 0.3) is 5.57 Å². The number of esters is 1. The number of hydrogen-bond donors (Lipinski definition) is 1. The molecule has 0 aliphatic carbocycles. The average molecular weight is 442 g/mol. The number of nitrogens with zero attached hydrogens (tertiary/aromatic N) is 1. The van der Waals surface area contributed by atoms with Gasteiger partial charge in [-0.2, -0.15) is 0 Å². The molecule has 0 spiro atoms. The van der Waals surface area contributed by atoms with Crippen LogP contribution in [0, 0.1) is 11.6 Å². The number of halogens is 2. The number of amides is 2. The van der Waals surface area contributed by atoms with E-state index in [1.54, 1.807) is 36.1 Å². The van der Waals surface area contributed by atoms with Crippen LogP contribution in [0.2, 0.25) is 0 Å². The number of rotatable bonds is 5. The standard InChI is InChI=1S/C24H24F2N2O4/c1-3-32-24(31)19-12-14-28(15(2)29)13-11-18(19)16-7-9-17(10-8-16)27-23(30)22-20(25)5-4-6-21(22)26/h4-10H,3,11-14H2,1-2H3,(H,27,30). The van der Waals surface area contributed by atoms with Gasteiger partial charge in [0.1, 0.15) is 17.2 Å². The van der Waals surface area contributed by atoms with E-state index < -0.39 is 29.1 Å². The molecule has 0 atom stereocenters. The van der Waals surface area contributed by atoms with Crippen molar-refractivity contribution in [2.24, 2.45) is 0 Å². The van der Waals surface area contributed by atoms with Crippen LogP contribution in [-0.4, -0.2) is 42.4 Å². The second-order valence-electron chi connectivity index (χ2n) is 7.31. The largest absolute Gasteiger partial charge is 0.463 e. The molecule has 2 amide bonds. The third-order valence-electron chi connectivity index (χ3n) is 5.28. The number of benzene rings is 2. The first kappa shape index (κ1) is 23.1. The molecule has 0 unspecified atom stereocenters. The van der Waals surface area contributed by atoms with Crippen LogP contribution >= 0.6 is 0 Å². The van der Waals surface area contributed by atoms with Crippen LogP contribution in [0.1, 0.15) is 42.6 Å². The summed E-state index contributed by atoms with van der Waals surface area (Å²) >= 11 is 0. The van der Waals surface area contributed by atoms with Gasteiger partial charge in [0.2, 0.25) is 5.91 Å². The second-order valence-corrected chi connectivity index (χ2v) is 7.31. The lowest BCUT2D eigenvalue weighted by Gasteiger charge is -2.18. The number of carbonyl (C=O) groups is 3. The second kappa shape index (κ2) is 10.2. The van der Waals surface area contributed by atoms with Crippen molar-refractivity contribution in [3.05, 3.63) is 70.8 Å². The van der Waals surface area contributed by atoms with Gasteiger partial charge < -0.3 is 15.0 Å². The number of carbonyl (C=O) groups excluding carboxylic acids is 3. The van der Waals surface area contributed by atoms with Crippen molar-refractivity contribution < 1.29 is 27.9 Å². The van der Waals surface area contributed by atoms with Gasteiger partial charge in [-0.3, -0.25) is 9.59 Å². The van der Waals surface area contributed by atoms with Gasteiger partial charge in [-0.25, -0.2) is 13.6 Å². The van der Waals surface area contributed by atoms with E-state index in [1.807, 2.05) is 0 Å². The molecule has 1 aliphatic rings. The molecule has 8 heteroatoms. The van der Waals surface area contributed by atoms with Crippen LogP contribution < -0.4 is 5.32 Å². The van der Waals surface area contributed by atoms with E-state index in [-0.39, 0.29) is 12.5 Å². The van der Waals surface area contributed by atoms with Crippen molar-refractivity contribution in [2.45, 2.75) is 26.7 Å². The Morgan fingerprint density at radius 3 is 2.22 bits per heavy atom. The van der Waals surface area contributed by atoms with E-state index in [4.69, 9.17) is 4.74 Å². The van der Waals surface area contributed by atoms with Gasteiger partial charge in [0.15, 0.2) is 0 Å². The molecule has 1 heterocycles. The highest BCUT2D eigenvalue weighted by atomic mass is 19.1. The summed E-state index contributed by atoms with van der Waals surface area (Å²) in [5.74, 6) is -3.27. The first-order valence-corrected chi connectivity index (χ1v) is 10.3. The highest BCUT2D eigenvalue weighted by molar-refractivity contribution is 6.05. The molecule has 2 aromatic carbocycles. The molecular formula is C24H24F2N2O4. The van der Waals surface area contributed by atoms with Gasteiger partial charge in [-0.05, 0) is 55.2 Å². The van der Waals surface area contributed by atoms with E-state index in [0.717, 1.165) is 23.3 Å². The smallest absolute Gasteiger partial charge is 0.334 e. The topological polar surface area (TPSA) is 75.7 Å². The van der Waals surface area contributed by atoms with Crippen molar-refractivity contribution in [3.8, 4) is 0 Å². The zero-order valence-electron chi connectivity index (χ0n) is 17.9. The van der Waals surface area contributed by atoms with Gasteiger partial charge >= 0.3 is 5.97 Å². The summed E-state index contributed by atoms with van der Waals surface area (Å²) in [5, 5.41) is 2.48. The minimum absolute atomic E-state index is 0.0621. The molecule has 0 aromatic heterocycles. The van der Waals surface area contributed by atoms with Crippen molar-refractivity contribution in [1.29, 1.82) is 0 Å². The molecule has 0 radical (unpaired) electrons. The zero-order valence-corrected chi connectivity index (χ0v) is 17.9. The molecule has 0 saturated heterocycles. The molecule has 32 heavy (non-hydrogen) atoms. The predicted molar refractivity (Wildman–Crippen MR) is 116 cm³/mol. The Balaban J connectivity index is 1.85. The van der Waals surface area contributed by atoms with Crippen molar-refractivity contribution in [1.82, 2.24) is 4.90 Å². The van der Waals surface area contributed by atoms with E-state index in [0.29, 0.717) is 37.2 Å². The van der Waals surface area contributed by atoms with E-state index in [1.165, 1.54) is 13.0 Å². The summed E-state index contributed by atoms with van der Waals surface area (Å²) in [6, 6.07) is 9.83. The molecule has 1 N–H and O–H groups in total. The Kier molecular flexibility index (Phi) is 7.35. The molecule has 0 saturated carbocycles. The van der Waals surface area contributed by atoms with Crippen LogP contribution in [0.15, 0.2) is 48.0 Å². The Labute approximate surface area is 184 Å². The third kappa shape index (κ3) is 5.19. The maximum atomic E-state index is 13.8. The molecule has 0 fully saturated rings.